The van der Waals surface area contributed by atoms with Crippen LogP contribution in [0.3, 0.4) is 0 Å². The van der Waals surface area contributed by atoms with Gasteiger partial charge in [0.05, 0.1) is 5.39 Å². The predicted octanol–water partition coefficient (Wildman–Crippen LogP) is 1.61. The molecule has 1 aliphatic carbocycles. The molecule has 1 fully saturated rings. The van der Waals surface area contributed by atoms with E-state index in [9.17, 15) is 4.79 Å². The third-order valence-electron chi connectivity index (χ3n) is 4.52. The lowest BCUT2D eigenvalue weighted by Crippen LogP contribution is -2.45. The highest BCUT2D eigenvalue weighted by Gasteiger charge is 2.27. The van der Waals surface area contributed by atoms with Crippen LogP contribution in [-0.4, -0.2) is 45.8 Å². The molecular weight excluding hydrogens is 278 g/mol. The molecule has 6 nitrogen and oxygen atoms in total. The van der Waals surface area contributed by atoms with Crippen molar-refractivity contribution in [2.24, 2.45) is 7.05 Å². The summed E-state index contributed by atoms with van der Waals surface area (Å²) >= 11 is 0. The molecular formula is C16H23N5O. The fourth-order valence-corrected chi connectivity index (χ4v) is 3.35. The molecule has 0 amide bonds. The lowest BCUT2D eigenvalue weighted by atomic mass is 9.89. The van der Waals surface area contributed by atoms with E-state index in [4.69, 9.17) is 0 Å². The van der Waals surface area contributed by atoms with E-state index >= 15 is 0 Å². The second-order valence-corrected chi connectivity index (χ2v) is 6.24. The fraction of sp³-hybridized carbons (Fsp3) is 0.562. The van der Waals surface area contributed by atoms with Crippen LogP contribution in [0, 0.1) is 0 Å². The van der Waals surface area contributed by atoms with Gasteiger partial charge in [-0.2, -0.15) is 5.10 Å². The van der Waals surface area contributed by atoms with Crippen LogP contribution < -0.4 is 10.9 Å². The molecule has 2 aromatic rings. The smallest absolute Gasteiger partial charge is 0.276 e. The summed E-state index contributed by atoms with van der Waals surface area (Å²) in [6.45, 7) is 0. The zero-order valence-corrected chi connectivity index (χ0v) is 13.4. The monoisotopic (exact) mass is 301 g/mol. The first-order chi connectivity index (χ1) is 10.6. The maximum atomic E-state index is 12.2. The van der Waals surface area contributed by atoms with Gasteiger partial charge in [-0.3, -0.25) is 9.78 Å². The minimum atomic E-state index is -0.110. The van der Waals surface area contributed by atoms with Crippen molar-refractivity contribution in [1.29, 1.82) is 0 Å². The van der Waals surface area contributed by atoms with Gasteiger partial charge >= 0.3 is 0 Å². The lowest BCUT2D eigenvalue weighted by Gasteiger charge is -2.36. The molecule has 2 aromatic heterocycles. The topological polar surface area (TPSA) is 63.1 Å². The van der Waals surface area contributed by atoms with Gasteiger partial charge in [0.15, 0.2) is 5.82 Å². The summed E-state index contributed by atoms with van der Waals surface area (Å²) in [5.41, 5.74) is 0.551. The molecule has 3 rings (SSSR count). The first kappa shape index (κ1) is 15.0. The number of anilines is 1. The van der Waals surface area contributed by atoms with E-state index in [-0.39, 0.29) is 5.56 Å². The van der Waals surface area contributed by atoms with Gasteiger partial charge in [-0.25, -0.2) is 4.68 Å². The van der Waals surface area contributed by atoms with Gasteiger partial charge in [0.25, 0.3) is 5.56 Å². The Bertz CT molecular complexity index is 724. The molecule has 0 aromatic carbocycles. The molecule has 0 radical (unpaired) electrons. The first-order valence-corrected chi connectivity index (χ1v) is 7.83. The number of rotatable bonds is 3. The van der Waals surface area contributed by atoms with Gasteiger partial charge in [-0.05, 0) is 39.1 Å². The lowest BCUT2D eigenvalue weighted by molar-refractivity contribution is 0.211. The van der Waals surface area contributed by atoms with Crippen molar-refractivity contribution in [1.82, 2.24) is 19.7 Å². The summed E-state index contributed by atoms with van der Waals surface area (Å²) < 4.78 is 1.39. The highest BCUT2D eigenvalue weighted by molar-refractivity contribution is 5.87. The highest BCUT2D eigenvalue weighted by atomic mass is 16.1. The molecule has 0 aliphatic heterocycles. The standard InChI is InChI=1S/C16H23N5O/c1-20(2)13-9-5-4-8-12(13)18-15-14-11(7-6-10-17-14)16(22)21(3)19-15/h6-7,10,12-13H,4-5,8-9H2,1-3H3,(H,18,19)/t12-,13-/m1/s1. The van der Waals surface area contributed by atoms with Gasteiger partial charge < -0.3 is 10.2 Å². The molecule has 0 saturated heterocycles. The normalized spacial score (nSPS) is 22.2. The van der Waals surface area contributed by atoms with E-state index in [2.05, 4.69) is 34.4 Å². The van der Waals surface area contributed by atoms with Crippen LogP contribution in [0.2, 0.25) is 0 Å². The summed E-state index contributed by atoms with van der Waals surface area (Å²) in [5, 5.41) is 8.56. The molecule has 2 atom stereocenters. The molecule has 0 spiro atoms. The Kier molecular flexibility index (Phi) is 4.11. The van der Waals surface area contributed by atoms with Crippen molar-refractivity contribution < 1.29 is 0 Å². The Morgan fingerprint density at radius 1 is 1.32 bits per heavy atom. The Labute approximate surface area is 130 Å². The average molecular weight is 301 g/mol. The second-order valence-electron chi connectivity index (χ2n) is 6.24. The average Bonchev–Trinajstić information content (AvgIpc) is 2.53. The number of hydrogen-bond acceptors (Lipinski definition) is 5. The van der Waals surface area contributed by atoms with Crippen molar-refractivity contribution in [2.45, 2.75) is 37.8 Å². The van der Waals surface area contributed by atoms with Crippen molar-refractivity contribution in [3.8, 4) is 0 Å². The number of hydrogen-bond donors (Lipinski definition) is 1. The molecule has 0 bridgehead atoms. The summed E-state index contributed by atoms with van der Waals surface area (Å²) in [6.07, 6.45) is 6.49. The van der Waals surface area contributed by atoms with E-state index in [1.54, 1.807) is 19.3 Å². The molecule has 6 heteroatoms. The van der Waals surface area contributed by atoms with Gasteiger partial charge in [-0.15, -0.1) is 0 Å². The maximum absolute atomic E-state index is 12.2. The first-order valence-electron chi connectivity index (χ1n) is 7.83. The molecule has 0 unspecified atom stereocenters. The van der Waals surface area contributed by atoms with Crippen LogP contribution in [0.25, 0.3) is 10.9 Å². The predicted molar refractivity (Wildman–Crippen MR) is 88.1 cm³/mol. The van der Waals surface area contributed by atoms with Gasteiger partial charge in [0.2, 0.25) is 0 Å². The number of fused-ring (bicyclic) bond motifs is 1. The van der Waals surface area contributed by atoms with Gasteiger partial charge in [0.1, 0.15) is 5.52 Å². The number of nitrogens with zero attached hydrogens (tertiary/aromatic N) is 4. The Morgan fingerprint density at radius 3 is 2.86 bits per heavy atom. The third kappa shape index (κ3) is 2.70. The zero-order valence-electron chi connectivity index (χ0n) is 13.4. The summed E-state index contributed by atoms with van der Waals surface area (Å²) in [6, 6.07) is 4.41. The third-order valence-corrected chi connectivity index (χ3v) is 4.52. The molecule has 22 heavy (non-hydrogen) atoms. The fourth-order valence-electron chi connectivity index (χ4n) is 3.35. The summed E-state index contributed by atoms with van der Waals surface area (Å²) in [4.78, 5) is 18.8. The van der Waals surface area contributed by atoms with Crippen molar-refractivity contribution >= 4 is 16.7 Å². The minimum absolute atomic E-state index is 0.110. The number of aryl methyl sites for hydroxylation is 1. The van der Waals surface area contributed by atoms with E-state index in [1.165, 1.54) is 23.9 Å². The number of likely N-dealkylation sites (N-methyl/N-ethyl adjacent to an activating group) is 1. The maximum Gasteiger partial charge on any atom is 0.276 e. The number of aromatic nitrogens is 3. The summed E-state index contributed by atoms with van der Waals surface area (Å²) in [7, 11) is 5.93. The van der Waals surface area contributed by atoms with E-state index in [0.29, 0.717) is 28.8 Å². The van der Waals surface area contributed by atoms with Crippen molar-refractivity contribution in [2.75, 3.05) is 19.4 Å². The van der Waals surface area contributed by atoms with Gasteiger partial charge in [-0.1, -0.05) is 12.8 Å². The molecule has 1 saturated carbocycles. The Morgan fingerprint density at radius 2 is 2.09 bits per heavy atom. The zero-order chi connectivity index (χ0) is 15.7. The van der Waals surface area contributed by atoms with Crippen LogP contribution in [0.1, 0.15) is 25.7 Å². The van der Waals surface area contributed by atoms with Crippen LogP contribution in [-0.2, 0) is 7.05 Å². The Hall–Kier alpha value is -1.95. The van der Waals surface area contributed by atoms with Crippen LogP contribution in [0.5, 0.6) is 0 Å². The number of pyridine rings is 1. The molecule has 1 aliphatic rings. The quantitative estimate of drug-likeness (QED) is 0.933. The summed E-state index contributed by atoms with van der Waals surface area (Å²) in [5.74, 6) is 0.705. The van der Waals surface area contributed by atoms with E-state index in [1.807, 2.05) is 6.07 Å². The molecule has 1 N–H and O–H groups in total. The van der Waals surface area contributed by atoms with Crippen LogP contribution in [0.15, 0.2) is 23.1 Å². The van der Waals surface area contributed by atoms with Crippen LogP contribution in [0.4, 0.5) is 5.82 Å². The highest BCUT2D eigenvalue weighted by Crippen LogP contribution is 2.26. The molecule has 118 valence electrons. The molecule has 2 heterocycles. The number of nitrogens with one attached hydrogen (secondary N) is 1. The van der Waals surface area contributed by atoms with E-state index < -0.39 is 0 Å². The van der Waals surface area contributed by atoms with Gasteiger partial charge in [0, 0.05) is 25.3 Å². The SMILES string of the molecule is CN(C)[C@@H]1CCCC[C@H]1Nc1nn(C)c(=O)c2cccnc12. The van der Waals surface area contributed by atoms with E-state index in [0.717, 1.165) is 6.42 Å². The minimum Gasteiger partial charge on any atom is -0.363 e. The van der Waals surface area contributed by atoms with Crippen molar-refractivity contribution in [3.05, 3.63) is 28.7 Å². The largest absolute Gasteiger partial charge is 0.363 e. The Balaban J connectivity index is 2.00. The second kappa shape index (κ2) is 6.04. The van der Waals surface area contributed by atoms with Crippen LogP contribution >= 0.6 is 0 Å². The van der Waals surface area contributed by atoms with Crippen molar-refractivity contribution in [3.63, 3.8) is 0 Å².